The first-order valence-corrected chi connectivity index (χ1v) is 10.7. The molecule has 1 heterocycles. The lowest BCUT2D eigenvalue weighted by Crippen LogP contribution is -2.35. The predicted molar refractivity (Wildman–Crippen MR) is 125 cm³/mol. The topological polar surface area (TPSA) is 58.6 Å². The van der Waals surface area contributed by atoms with E-state index in [1.54, 1.807) is 11.1 Å². The van der Waals surface area contributed by atoms with Gasteiger partial charge in [0.05, 0.1) is 12.5 Å². The first-order valence-electron chi connectivity index (χ1n) is 10.7. The van der Waals surface area contributed by atoms with E-state index in [1.165, 1.54) is 6.92 Å². The van der Waals surface area contributed by atoms with Crippen molar-refractivity contribution in [2.45, 2.75) is 32.9 Å². The minimum Gasteiger partial charge on any atom is -0.457 e. The first-order chi connectivity index (χ1) is 15.5. The molecule has 1 aliphatic heterocycles. The van der Waals surface area contributed by atoms with Gasteiger partial charge in [0.1, 0.15) is 11.5 Å². The maximum absolute atomic E-state index is 12.9. The number of para-hydroxylation sites is 1. The van der Waals surface area contributed by atoms with Crippen LogP contribution in [0.1, 0.15) is 41.6 Å². The molecule has 162 valence electrons. The van der Waals surface area contributed by atoms with E-state index in [9.17, 15) is 9.59 Å². The highest BCUT2D eigenvalue weighted by Gasteiger charge is 2.28. The average molecular weight is 427 g/mol. The van der Waals surface area contributed by atoms with E-state index in [4.69, 9.17) is 4.74 Å². The lowest BCUT2D eigenvalue weighted by atomic mass is 9.93. The largest absolute Gasteiger partial charge is 0.457 e. The van der Waals surface area contributed by atoms with Crippen molar-refractivity contribution < 1.29 is 14.3 Å². The van der Waals surface area contributed by atoms with Crippen LogP contribution >= 0.6 is 0 Å². The Morgan fingerprint density at radius 1 is 0.969 bits per heavy atom. The summed E-state index contributed by atoms with van der Waals surface area (Å²) in [7, 11) is 0. The Morgan fingerprint density at radius 2 is 1.69 bits per heavy atom. The van der Waals surface area contributed by atoms with Gasteiger partial charge in [-0.25, -0.2) is 0 Å². The summed E-state index contributed by atoms with van der Waals surface area (Å²) in [6.45, 7) is 3.88. The molecule has 0 bridgehead atoms. The normalized spacial score (nSPS) is 14.6. The van der Waals surface area contributed by atoms with Gasteiger partial charge in [-0.2, -0.15) is 0 Å². The molecule has 1 N–H and O–H groups in total. The monoisotopic (exact) mass is 426 g/mol. The molecule has 3 aromatic carbocycles. The number of carbonyl (C=O) groups is 2. The number of ether oxygens (including phenoxy) is 1. The van der Waals surface area contributed by atoms with Crippen molar-refractivity contribution in [1.29, 1.82) is 0 Å². The minimum atomic E-state index is -0.326. The average Bonchev–Trinajstić information content (AvgIpc) is 2.80. The van der Waals surface area contributed by atoms with Crippen molar-refractivity contribution >= 4 is 17.9 Å². The van der Waals surface area contributed by atoms with Crippen LogP contribution < -0.4 is 10.1 Å². The Labute approximate surface area is 188 Å². The molecule has 2 amide bonds. The van der Waals surface area contributed by atoms with Gasteiger partial charge in [-0.15, -0.1) is 0 Å². The second-order valence-corrected chi connectivity index (χ2v) is 7.89. The molecule has 0 fully saturated rings. The van der Waals surface area contributed by atoms with Crippen molar-refractivity contribution in [2.75, 3.05) is 0 Å². The molecule has 0 aliphatic carbocycles. The number of hydrogen-bond donors (Lipinski definition) is 1. The maximum Gasteiger partial charge on any atom is 0.223 e. The summed E-state index contributed by atoms with van der Waals surface area (Å²) in [5, 5.41) is 2.99. The molecule has 1 unspecified atom stereocenters. The summed E-state index contributed by atoms with van der Waals surface area (Å²) in [6.07, 6.45) is 3.85. The van der Waals surface area contributed by atoms with Crippen molar-refractivity contribution in [3.63, 3.8) is 0 Å². The van der Waals surface area contributed by atoms with Gasteiger partial charge in [-0.3, -0.25) is 9.59 Å². The van der Waals surface area contributed by atoms with Gasteiger partial charge in [0.15, 0.2) is 0 Å². The standard InChI is InChI=1S/C27H26N2O3/c1-19-11-13-23(14-12-19)32-26-10-6-4-8-22(26)18-28-27(31)17-25-24-9-5-3-7-21(24)15-16-29(25)20(2)30/h3-16,25H,17-18H2,1-2H3,(H,28,31). The maximum atomic E-state index is 12.9. The van der Waals surface area contributed by atoms with Gasteiger partial charge in [-0.1, -0.05) is 60.2 Å². The summed E-state index contributed by atoms with van der Waals surface area (Å²) in [4.78, 5) is 26.6. The molecule has 4 rings (SSSR count). The molecular weight excluding hydrogens is 400 g/mol. The molecule has 0 saturated carbocycles. The number of carbonyl (C=O) groups excluding carboxylic acids is 2. The fourth-order valence-electron chi connectivity index (χ4n) is 3.84. The zero-order chi connectivity index (χ0) is 22.5. The van der Waals surface area contributed by atoms with Crippen LogP contribution in [-0.4, -0.2) is 16.7 Å². The quantitative estimate of drug-likeness (QED) is 0.577. The minimum absolute atomic E-state index is 0.0922. The Bertz CT molecular complexity index is 1150. The van der Waals surface area contributed by atoms with Crippen LogP contribution in [0.25, 0.3) is 6.08 Å². The van der Waals surface area contributed by atoms with Crippen LogP contribution in [0.5, 0.6) is 11.5 Å². The van der Waals surface area contributed by atoms with Crippen molar-refractivity contribution in [1.82, 2.24) is 10.2 Å². The Balaban J connectivity index is 1.44. The van der Waals surface area contributed by atoms with Crippen molar-refractivity contribution in [3.05, 3.63) is 101 Å². The Morgan fingerprint density at radius 3 is 2.47 bits per heavy atom. The molecule has 0 radical (unpaired) electrons. The van der Waals surface area contributed by atoms with Crippen LogP contribution in [0, 0.1) is 6.92 Å². The van der Waals surface area contributed by atoms with E-state index in [-0.39, 0.29) is 24.3 Å². The lowest BCUT2D eigenvalue weighted by Gasteiger charge is -2.32. The van der Waals surface area contributed by atoms with Gasteiger partial charge in [-0.05, 0) is 42.3 Å². The Hall–Kier alpha value is -3.86. The van der Waals surface area contributed by atoms with Crippen molar-refractivity contribution in [2.24, 2.45) is 0 Å². The van der Waals surface area contributed by atoms with Crippen LogP contribution in [0.4, 0.5) is 0 Å². The zero-order valence-corrected chi connectivity index (χ0v) is 18.2. The molecule has 3 aromatic rings. The first kappa shape index (κ1) is 21.4. The van der Waals surface area contributed by atoms with E-state index in [0.29, 0.717) is 12.3 Å². The zero-order valence-electron chi connectivity index (χ0n) is 18.2. The lowest BCUT2D eigenvalue weighted by molar-refractivity contribution is -0.130. The number of fused-ring (bicyclic) bond motifs is 1. The van der Waals surface area contributed by atoms with Crippen LogP contribution in [0.15, 0.2) is 79.0 Å². The summed E-state index contributed by atoms with van der Waals surface area (Å²) in [6, 6.07) is 23.0. The smallest absolute Gasteiger partial charge is 0.223 e. The summed E-state index contributed by atoms with van der Waals surface area (Å²) < 4.78 is 6.03. The number of rotatable bonds is 6. The third kappa shape index (κ3) is 4.89. The highest BCUT2D eigenvalue weighted by atomic mass is 16.5. The van der Waals surface area contributed by atoms with Gasteiger partial charge in [0, 0.05) is 25.2 Å². The molecule has 5 heteroatoms. The highest BCUT2D eigenvalue weighted by Crippen LogP contribution is 2.33. The number of aryl methyl sites for hydroxylation is 1. The van der Waals surface area contributed by atoms with Gasteiger partial charge in [0.2, 0.25) is 11.8 Å². The molecule has 1 aliphatic rings. The number of benzene rings is 3. The molecule has 32 heavy (non-hydrogen) atoms. The Kier molecular flexibility index (Phi) is 6.36. The number of hydrogen-bond acceptors (Lipinski definition) is 3. The summed E-state index contributed by atoms with van der Waals surface area (Å²) >= 11 is 0. The van der Waals surface area contributed by atoms with Gasteiger partial charge < -0.3 is 15.0 Å². The van der Waals surface area contributed by atoms with Gasteiger partial charge in [0.25, 0.3) is 0 Å². The summed E-state index contributed by atoms with van der Waals surface area (Å²) in [5.74, 6) is 1.23. The molecule has 0 saturated heterocycles. The second-order valence-electron chi connectivity index (χ2n) is 7.89. The fourth-order valence-corrected chi connectivity index (χ4v) is 3.84. The van der Waals surface area contributed by atoms with E-state index in [1.807, 2.05) is 85.8 Å². The predicted octanol–water partition coefficient (Wildman–Crippen LogP) is 5.37. The third-order valence-corrected chi connectivity index (χ3v) is 5.55. The van der Waals surface area contributed by atoms with Crippen LogP contribution in [0.3, 0.4) is 0 Å². The molecular formula is C27H26N2O3. The van der Waals surface area contributed by atoms with E-state index in [0.717, 1.165) is 28.0 Å². The second kappa shape index (κ2) is 9.52. The molecule has 0 aromatic heterocycles. The summed E-state index contributed by atoms with van der Waals surface area (Å²) in [5.41, 5.74) is 4.05. The molecule has 5 nitrogen and oxygen atoms in total. The SMILES string of the molecule is CC(=O)N1C=Cc2ccccc2C1CC(=O)NCc1ccccc1Oc1ccc(C)cc1. The number of nitrogens with zero attached hydrogens (tertiary/aromatic N) is 1. The van der Waals surface area contributed by atoms with Crippen LogP contribution in [0.2, 0.25) is 0 Å². The van der Waals surface area contributed by atoms with E-state index in [2.05, 4.69) is 5.32 Å². The fraction of sp³-hybridized carbons (Fsp3) is 0.185. The van der Waals surface area contributed by atoms with Crippen molar-refractivity contribution in [3.8, 4) is 11.5 Å². The van der Waals surface area contributed by atoms with E-state index < -0.39 is 0 Å². The number of amides is 2. The molecule has 1 atom stereocenters. The highest BCUT2D eigenvalue weighted by molar-refractivity contribution is 5.81. The molecule has 0 spiro atoms. The van der Waals surface area contributed by atoms with Crippen LogP contribution in [-0.2, 0) is 16.1 Å². The van der Waals surface area contributed by atoms with E-state index >= 15 is 0 Å². The number of nitrogens with one attached hydrogen (secondary N) is 1. The third-order valence-electron chi connectivity index (χ3n) is 5.55. The van der Waals surface area contributed by atoms with Gasteiger partial charge >= 0.3 is 0 Å².